The number of aliphatic carboxylic acids is 1. The molecular formula is C33H36N4O7S. The van der Waals surface area contributed by atoms with E-state index in [2.05, 4.69) is 9.97 Å². The molecule has 2 aromatic heterocycles. The van der Waals surface area contributed by atoms with Crippen molar-refractivity contribution in [3.8, 4) is 16.9 Å². The van der Waals surface area contributed by atoms with E-state index in [1.807, 2.05) is 55.5 Å². The molecule has 0 saturated carbocycles. The average Bonchev–Trinajstić information content (AvgIpc) is 3.00. The van der Waals surface area contributed by atoms with Crippen molar-refractivity contribution < 1.29 is 32.6 Å². The topological polar surface area (TPSA) is 139 Å². The molecule has 45 heavy (non-hydrogen) atoms. The fourth-order valence-corrected chi connectivity index (χ4v) is 5.68. The first-order valence-corrected chi connectivity index (χ1v) is 15.7. The molecule has 0 bridgehead atoms. The number of aromatic nitrogens is 2. The zero-order valence-electron chi connectivity index (χ0n) is 25.6. The number of pyridine rings is 2. The van der Waals surface area contributed by atoms with Crippen LogP contribution in [0.3, 0.4) is 0 Å². The SMILES string of the molecule is CCOc1ccc(-c2ccc(CN(Cc3cccc(N(CC(=O)O)C(=O)OC(C)(C)C)n3)S(=O)(=O)c3ccccn3)cc2)cc1. The Bertz CT molecular complexity index is 1710. The van der Waals surface area contributed by atoms with Crippen molar-refractivity contribution in [2.45, 2.75) is 51.4 Å². The van der Waals surface area contributed by atoms with Gasteiger partial charge in [0.1, 0.15) is 23.7 Å². The monoisotopic (exact) mass is 632 g/mol. The van der Waals surface area contributed by atoms with Crippen molar-refractivity contribution in [3.05, 3.63) is 102 Å². The number of rotatable bonds is 12. The second-order valence-electron chi connectivity index (χ2n) is 11.0. The molecule has 0 aliphatic heterocycles. The summed E-state index contributed by atoms with van der Waals surface area (Å²) < 4.78 is 39.8. The molecule has 0 radical (unpaired) electrons. The van der Waals surface area contributed by atoms with E-state index < -0.39 is 34.2 Å². The number of nitrogens with zero attached hydrogens (tertiary/aromatic N) is 4. The van der Waals surface area contributed by atoms with Gasteiger partial charge in [0, 0.05) is 12.7 Å². The Balaban J connectivity index is 1.64. The Kier molecular flexibility index (Phi) is 10.5. The van der Waals surface area contributed by atoms with Gasteiger partial charge in [0.05, 0.1) is 18.8 Å². The van der Waals surface area contributed by atoms with Gasteiger partial charge in [0.2, 0.25) is 0 Å². The highest BCUT2D eigenvalue weighted by atomic mass is 32.2. The molecule has 0 unspecified atom stereocenters. The lowest BCUT2D eigenvalue weighted by atomic mass is 10.0. The molecule has 0 fully saturated rings. The number of hydrogen-bond acceptors (Lipinski definition) is 8. The van der Waals surface area contributed by atoms with Gasteiger partial charge in [-0.2, -0.15) is 4.31 Å². The second-order valence-corrected chi connectivity index (χ2v) is 12.9. The zero-order valence-corrected chi connectivity index (χ0v) is 26.4. The van der Waals surface area contributed by atoms with E-state index in [0.717, 1.165) is 27.3 Å². The number of hydrogen-bond donors (Lipinski definition) is 1. The van der Waals surface area contributed by atoms with Crippen LogP contribution in [0, 0.1) is 0 Å². The minimum absolute atomic E-state index is 0.000715. The number of ether oxygens (including phenoxy) is 2. The first-order valence-electron chi connectivity index (χ1n) is 14.3. The minimum Gasteiger partial charge on any atom is -0.494 e. The Morgan fingerprint density at radius 3 is 2.11 bits per heavy atom. The lowest BCUT2D eigenvalue weighted by molar-refractivity contribution is -0.135. The molecule has 0 atom stereocenters. The van der Waals surface area contributed by atoms with Crippen LogP contribution in [0.15, 0.2) is 96.2 Å². The molecule has 4 rings (SSSR count). The summed E-state index contributed by atoms with van der Waals surface area (Å²) in [7, 11) is -4.09. The number of carboxylic acid groups (broad SMARTS) is 1. The number of carbonyl (C=O) groups is 2. The van der Waals surface area contributed by atoms with Gasteiger partial charge in [-0.3, -0.25) is 9.69 Å². The van der Waals surface area contributed by atoms with Gasteiger partial charge in [-0.25, -0.2) is 23.2 Å². The molecule has 1 amide bonds. The maximum Gasteiger partial charge on any atom is 0.416 e. The molecule has 4 aromatic rings. The van der Waals surface area contributed by atoms with Gasteiger partial charge in [0.15, 0.2) is 5.03 Å². The predicted molar refractivity (Wildman–Crippen MR) is 169 cm³/mol. The Morgan fingerprint density at radius 2 is 1.53 bits per heavy atom. The van der Waals surface area contributed by atoms with Crippen LogP contribution in [0.4, 0.5) is 10.6 Å². The number of sulfonamides is 1. The lowest BCUT2D eigenvalue weighted by Gasteiger charge is -2.26. The summed E-state index contributed by atoms with van der Waals surface area (Å²) in [5.41, 5.74) is 2.08. The van der Waals surface area contributed by atoms with E-state index >= 15 is 0 Å². The number of carbonyl (C=O) groups excluding carboxylic acids is 1. The highest BCUT2D eigenvalue weighted by molar-refractivity contribution is 7.89. The molecule has 0 saturated heterocycles. The second kappa shape index (κ2) is 14.3. The quantitative estimate of drug-likeness (QED) is 0.207. The highest BCUT2D eigenvalue weighted by Crippen LogP contribution is 2.25. The number of carboxylic acids is 1. The van der Waals surface area contributed by atoms with Crippen LogP contribution < -0.4 is 9.64 Å². The van der Waals surface area contributed by atoms with Crippen LogP contribution >= 0.6 is 0 Å². The van der Waals surface area contributed by atoms with Crippen LogP contribution in [-0.2, 0) is 32.6 Å². The molecule has 11 nitrogen and oxygen atoms in total. The van der Waals surface area contributed by atoms with Crippen LogP contribution in [-0.4, -0.2) is 58.6 Å². The normalized spacial score (nSPS) is 11.7. The molecule has 12 heteroatoms. The van der Waals surface area contributed by atoms with Crippen molar-refractivity contribution in [1.82, 2.24) is 14.3 Å². The number of anilines is 1. The van der Waals surface area contributed by atoms with E-state index in [-0.39, 0.29) is 29.6 Å². The van der Waals surface area contributed by atoms with Gasteiger partial charge >= 0.3 is 12.1 Å². The van der Waals surface area contributed by atoms with Gasteiger partial charge in [-0.15, -0.1) is 0 Å². The molecule has 2 aromatic carbocycles. The fourth-order valence-electron chi connectivity index (χ4n) is 4.35. The van der Waals surface area contributed by atoms with Gasteiger partial charge < -0.3 is 14.6 Å². The van der Waals surface area contributed by atoms with E-state index in [4.69, 9.17) is 9.47 Å². The number of amides is 1. The summed E-state index contributed by atoms with van der Waals surface area (Å²) >= 11 is 0. The third-order valence-corrected chi connectivity index (χ3v) is 8.08. The molecule has 1 N–H and O–H groups in total. The van der Waals surface area contributed by atoms with Crippen molar-refractivity contribution in [2.24, 2.45) is 0 Å². The summed E-state index contributed by atoms with van der Waals surface area (Å²) in [6.07, 6.45) is 0.514. The van der Waals surface area contributed by atoms with Crippen molar-refractivity contribution in [3.63, 3.8) is 0 Å². The summed E-state index contributed by atoms with van der Waals surface area (Å²) in [6, 6.07) is 24.5. The Morgan fingerprint density at radius 1 is 0.867 bits per heavy atom. The summed E-state index contributed by atoms with van der Waals surface area (Å²) in [4.78, 5) is 33.9. The predicted octanol–water partition coefficient (Wildman–Crippen LogP) is 5.76. The fraction of sp³-hybridized carbons (Fsp3) is 0.273. The molecular weight excluding hydrogens is 596 g/mol. The van der Waals surface area contributed by atoms with E-state index in [1.165, 1.54) is 22.6 Å². The smallest absolute Gasteiger partial charge is 0.416 e. The first kappa shape index (κ1) is 33.1. The molecule has 2 heterocycles. The Labute approximate surface area is 263 Å². The molecule has 0 aliphatic rings. The standard InChI is InChI=1S/C33H36N4O7S/c1-5-43-28-18-16-26(17-19-28)25-14-12-24(13-15-25)21-36(45(41,42)30-11-6-7-20-34-30)22-27-9-8-10-29(35-27)37(23-31(38)39)32(40)44-33(2,3)4/h6-20H,5,21-23H2,1-4H3,(H,38,39). The molecule has 0 aliphatic carbocycles. The van der Waals surface area contributed by atoms with E-state index in [0.29, 0.717) is 6.61 Å². The van der Waals surface area contributed by atoms with Crippen LogP contribution in [0.25, 0.3) is 11.1 Å². The first-order chi connectivity index (χ1) is 21.4. The van der Waals surface area contributed by atoms with Crippen LogP contribution in [0.5, 0.6) is 5.75 Å². The maximum atomic E-state index is 13.8. The van der Waals surface area contributed by atoms with Gasteiger partial charge in [-0.1, -0.05) is 48.5 Å². The molecule has 236 valence electrons. The average molecular weight is 633 g/mol. The van der Waals surface area contributed by atoms with Gasteiger partial charge in [0.25, 0.3) is 10.0 Å². The van der Waals surface area contributed by atoms with E-state index in [1.54, 1.807) is 45.0 Å². The summed E-state index contributed by atoms with van der Waals surface area (Å²) in [5, 5.41) is 9.32. The van der Waals surface area contributed by atoms with Crippen molar-refractivity contribution in [2.75, 3.05) is 18.1 Å². The van der Waals surface area contributed by atoms with Gasteiger partial charge in [-0.05, 0) is 80.8 Å². The van der Waals surface area contributed by atoms with Crippen LogP contribution in [0.1, 0.15) is 39.0 Å². The largest absolute Gasteiger partial charge is 0.494 e. The highest BCUT2D eigenvalue weighted by Gasteiger charge is 2.29. The third kappa shape index (κ3) is 9.10. The number of benzene rings is 2. The zero-order chi connectivity index (χ0) is 32.6. The van der Waals surface area contributed by atoms with Crippen molar-refractivity contribution in [1.29, 1.82) is 0 Å². The summed E-state index contributed by atoms with van der Waals surface area (Å²) in [5.74, 6) is -0.469. The van der Waals surface area contributed by atoms with Crippen molar-refractivity contribution >= 4 is 27.9 Å². The summed E-state index contributed by atoms with van der Waals surface area (Å²) in [6.45, 7) is 6.63. The van der Waals surface area contributed by atoms with E-state index in [9.17, 15) is 23.1 Å². The third-order valence-electron chi connectivity index (χ3n) is 6.37. The minimum atomic E-state index is -4.09. The Hall–Kier alpha value is -4.81. The maximum absolute atomic E-state index is 13.8. The lowest BCUT2D eigenvalue weighted by Crippen LogP contribution is -2.40. The van der Waals surface area contributed by atoms with Crippen LogP contribution in [0.2, 0.25) is 0 Å². The molecule has 0 spiro atoms.